The average Bonchev–Trinajstić information content (AvgIpc) is 3.52. The SMILES string of the molecule is O=C1CN(CC(=O)N2Cc3ccc(N=C(c4ccccc4)C4C(=O)Nc5cc(C(=O)O)ccc54)cc3C2)CCO1. The molecule has 0 aliphatic carbocycles. The van der Waals surface area contributed by atoms with Crippen molar-refractivity contribution >= 4 is 40.8 Å². The van der Waals surface area contributed by atoms with Crippen LogP contribution in [0.1, 0.15) is 38.5 Å². The van der Waals surface area contributed by atoms with Crippen LogP contribution in [0.25, 0.3) is 0 Å². The Hall–Kier alpha value is -4.83. The highest BCUT2D eigenvalue weighted by atomic mass is 16.5. The number of hydrogen-bond acceptors (Lipinski definition) is 7. The van der Waals surface area contributed by atoms with Gasteiger partial charge in [-0.3, -0.25) is 24.3 Å². The summed E-state index contributed by atoms with van der Waals surface area (Å²) in [6.45, 7) is 2.01. The Bertz CT molecular complexity index is 1570. The molecule has 0 radical (unpaired) electrons. The second-order valence-corrected chi connectivity index (χ2v) is 10.0. The van der Waals surface area contributed by atoms with E-state index >= 15 is 0 Å². The van der Waals surface area contributed by atoms with Crippen molar-refractivity contribution in [1.29, 1.82) is 0 Å². The van der Waals surface area contributed by atoms with Gasteiger partial charge >= 0.3 is 11.9 Å². The van der Waals surface area contributed by atoms with Crippen LogP contribution in [-0.4, -0.2) is 70.6 Å². The third kappa shape index (κ3) is 4.96. The third-order valence-corrected chi connectivity index (χ3v) is 7.37. The van der Waals surface area contributed by atoms with Gasteiger partial charge in [0.05, 0.1) is 30.1 Å². The highest BCUT2D eigenvalue weighted by Crippen LogP contribution is 2.37. The molecule has 1 saturated heterocycles. The Morgan fingerprint density at radius 3 is 2.52 bits per heavy atom. The van der Waals surface area contributed by atoms with E-state index in [0.29, 0.717) is 48.9 Å². The molecule has 10 nitrogen and oxygen atoms in total. The predicted molar refractivity (Wildman–Crippen MR) is 146 cm³/mol. The number of carboxylic acids is 1. The van der Waals surface area contributed by atoms with Crippen LogP contribution in [0.4, 0.5) is 11.4 Å². The van der Waals surface area contributed by atoms with Gasteiger partial charge in [-0.25, -0.2) is 4.79 Å². The number of hydrogen-bond donors (Lipinski definition) is 2. The van der Waals surface area contributed by atoms with Crippen LogP contribution in [0.5, 0.6) is 0 Å². The molecule has 3 aromatic rings. The minimum Gasteiger partial charge on any atom is -0.478 e. The zero-order valence-electron chi connectivity index (χ0n) is 21.5. The van der Waals surface area contributed by atoms with E-state index < -0.39 is 11.9 Å². The number of carbonyl (C=O) groups excluding carboxylic acids is 3. The number of benzene rings is 3. The molecule has 2 N–H and O–H groups in total. The number of esters is 1. The van der Waals surface area contributed by atoms with Crippen LogP contribution in [-0.2, 0) is 32.2 Å². The number of rotatable bonds is 6. The lowest BCUT2D eigenvalue weighted by Gasteiger charge is -2.27. The fraction of sp³-hybridized carbons (Fsp3) is 0.233. The molecular weight excluding hydrogens is 512 g/mol. The van der Waals surface area contributed by atoms with Crippen molar-refractivity contribution in [3.63, 3.8) is 0 Å². The predicted octanol–water partition coefficient (Wildman–Crippen LogP) is 2.94. The Balaban J connectivity index is 1.28. The standard InChI is InChI=1S/C30H26N4O6/c35-25(16-33-10-11-40-26(36)17-33)34-14-20-6-8-22(12-21(20)15-34)31-28(18-4-2-1-3-5-18)27-23-9-7-19(30(38)39)13-24(23)32-29(27)37/h1-9,12-13,27H,10-11,14-17H2,(H,32,37)(H,38,39). The Morgan fingerprint density at radius 2 is 1.75 bits per heavy atom. The number of fused-ring (bicyclic) bond motifs is 2. The molecule has 202 valence electrons. The van der Waals surface area contributed by atoms with Crippen molar-refractivity contribution in [2.75, 3.05) is 31.6 Å². The number of aromatic carboxylic acids is 1. The van der Waals surface area contributed by atoms with Crippen LogP contribution < -0.4 is 5.32 Å². The van der Waals surface area contributed by atoms with Crippen molar-refractivity contribution in [1.82, 2.24) is 9.80 Å². The molecule has 0 bridgehead atoms. The molecule has 10 heteroatoms. The number of amides is 2. The Labute approximate surface area is 229 Å². The van der Waals surface area contributed by atoms with Gasteiger partial charge in [-0.05, 0) is 46.5 Å². The minimum atomic E-state index is -1.07. The summed E-state index contributed by atoms with van der Waals surface area (Å²) >= 11 is 0. The summed E-state index contributed by atoms with van der Waals surface area (Å²) in [6.07, 6.45) is 0. The first-order valence-corrected chi connectivity index (χ1v) is 13.0. The van der Waals surface area contributed by atoms with Crippen molar-refractivity contribution in [3.8, 4) is 0 Å². The van der Waals surface area contributed by atoms with Gasteiger partial charge in [0.2, 0.25) is 11.8 Å². The van der Waals surface area contributed by atoms with E-state index in [1.54, 1.807) is 15.9 Å². The van der Waals surface area contributed by atoms with E-state index in [0.717, 1.165) is 16.7 Å². The largest absolute Gasteiger partial charge is 0.478 e. The zero-order valence-corrected chi connectivity index (χ0v) is 21.5. The van der Waals surface area contributed by atoms with E-state index in [1.807, 2.05) is 48.5 Å². The lowest BCUT2D eigenvalue weighted by Crippen LogP contribution is -2.45. The quantitative estimate of drug-likeness (QED) is 0.365. The highest BCUT2D eigenvalue weighted by Gasteiger charge is 2.36. The van der Waals surface area contributed by atoms with Gasteiger partial charge in [0, 0.05) is 25.3 Å². The Kier molecular flexibility index (Phi) is 6.61. The van der Waals surface area contributed by atoms with Crippen molar-refractivity contribution in [3.05, 3.63) is 94.5 Å². The topological polar surface area (TPSA) is 129 Å². The maximum Gasteiger partial charge on any atom is 0.335 e. The average molecular weight is 539 g/mol. The van der Waals surface area contributed by atoms with Gasteiger partial charge in [-0.15, -0.1) is 0 Å². The number of morpholine rings is 1. The van der Waals surface area contributed by atoms with Crippen molar-refractivity contribution in [2.45, 2.75) is 19.0 Å². The van der Waals surface area contributed by atoms with E-state index in [1.165, 1.54) is 12.1 Å². The van der Waals surface area contributed by atoms with Gasteiger partial charge < -0.3 is 20.1 Å². The molecule has 0 spiro atoms. The summed E-state index contributed by atoms with van der Waals surface area (Å²) in [5, 5.41) is 12.2. The summed E-state index contributed by atoms with van der Waals surface area (Å²) in [5.41, 5.74) is 5.18. The summed E-state index contributed by atoms with van der Waals surface area (Å²) in [7, 11) is 0. The van der Waals surface area contributed by atoms with Crippen LogP contribution >= 0.6 is 0 Å². The summed E-state index contributed by atoms with van der Waals surface area (Å²) in [4.78, 5) is 57.6. The lowest BCUT2D eigenvalue weighted by molar-refractivity contribution is -0.151. The highest BCUT2D eigenvalue weighted by molar-refractivity contribution is 6.24. The van der Waals surface area contributed by atoms with Crippen LogP contribution in [0.2, 0.25) is 0 Å². The normalized spacial score (nSPS) is 18.6. The first-order chi connectivity index (χ1) is 19.4. The molecule has 0 saturated carbocycles. The van der Waals surface area contributed by atoms with Gasteiger partial charge in [-0.2, -0.15) is 0 Å². The molecule has 40 heavy (non-hydrogen) atoms. The molecule has 1 unspecified atom stereocenters. The number of aliphatic imine (C=N–C) groups is 1. The van der Waals surface area contributed by atoms with E-state index in [2.05, 4.69) is 5.32 Å². The fourth-order valence-corrected chi connectivity index (χ4v) is 5.36. The lowest BCUT2D eigenvalue weighted by atomic mass is 9.90. The fourth-order valence-electron chi connectivity index (χ4n) is 5.36. The summed E-state index contributed by atoms with van der Waals surface area (Å²) in [6, 6.07) is 19.8. The molecule has 3 heterocycles. The van der Waals surface area contributed by atoms with Crippen LogP contribution in [0, 0.1) is 0 Å². The van der Waals surface area contributed by atoms with Crippen molar-refractivity contribution in [2.24, 2.45) is 4.99 Å². The number of carbonyl (C=O) groups is 4. The summed E-state index contributed by atoms with van der Waals surface area (Å²) < 4.78 is 4.95. The van der Waals surface area contributed by atoms with Crippen molar-refractivity contribution < 1.29 is 29.0 Å². The third-order valence-electron chi connectivity index (χ3n) is 7.37. The molecule has 6 rings (SSSR count). The molecule has 1 atom stereocenters. The zero-order chi connectivity index (χ0) is 27.8. The van der Waals surface area contributed by atoms with E-state index in [9.17, 15) is 24.3 Å². The molecule has 3 aromatic carbocycles. The molecule has 2 amide bonds. The van der Waals surface area contributed by atoms with Gasteiger partial charge in [0.1, 0.15) is 12.5 Å². The molecule has 3 aliphatic rings. The first-order valence-electron chi connectivity index (χ1n) is 13.0. The number of nitrogens with one attached hydrogen (secondary N) is 1. The van der Waals surface area contributed by atoms with E-state index in [-0.39, 0.29) is 36.4 Å². The molecule has 1 fully saturated rings. The maximum atomic E-state index is 13.2. The number of anilines is 1. The van der Waals surface area contributed by atoms with Crippen LogP contribution in [0.3, 0.4) is 0 Å². The second kappa shape index (κ2) is 10.4. The maximum absolute atomic E-state index is 13.2. The smallest absolute Gasteiger partial charge is 0.335 e. The van der Waals surface area contributed by atoms with Crippen LogP contribution in [0.15, 0.2) is 71.7 Å². The summed E-state index contributed by atoms with van der Waals surface area (Å²) in [5.74, 6) is -2.44. The molecule has 0 aromatic heterocycles. The van der Waals surface area contributed by atoms with Gasteiger partial charge in [0.15, 0.2) is 0 Å². The first kappa shape index (κ1) is 25.4. The van der Waals surface area contributed by atoms with Gasteiger partial charge in [-0.1, -0.05) is 42.5 Å². The monoisotopic (exact) mass is 538 g/mol. The molecule has 3 aliphatic heterocycles. The second-order valence-electron chi connectivity index (χ2n) is 10.0. The minimum absolute atomic E-state index is 0.0547. The van der Waals surface area contributed by atoms with E-state index in [4.69, 9.17) is 9.73 Å². The van der Waals surface area contributed by atoms with Gasteiger partial charge in [0.25, 0.3) is 0 Å². The number of ether oxygens (including phenoxy) is 1. The number of cyclic esters (lactones) is 1. The Morgan fingerprint density at radius 1 is 0.950 bits per heavy atom. The molecular formula is C30H26N4O6. The number of nitrogens with zero attached hydrogens (tertiary/aromatic N) is 3. The number of carboxylic acid groups (broad SMARTS) is 1.